The molecule has 15 heavy (non-hydrogen) atoms. The molecule has 4 heteroatoms. The van der Waals surface area contributed by atoms with Gasteiger partial charge in [0.1, 0.15) is 0 Å². The van der Waals surface area contributed by atoms with Crippen molar-refractivity contribution in [1.82, 2.24) is 4.98 Å². The van der Waals surface area contributed by atoms with Crippen molar-refractivity contribution in [2.45, 2.75) is 32.3 Å². The van der Waals surface area contributed by atoms with Crippen LogP contribution in [0.1, 0.15) is 5.56 Å². The van der Waals surface area contributed by atoms with E-state index in [2.05, 4.69) is 24.6 Å². The minimum atomic E-state index is -1.04. The summed E-state index contributed by atoms with van der Waals surface area (Å²) in [5, 5.41) is 0. The predicted molar refractivity (Wildman–Crippen MR) is 62.0 cm³/mol. The molecule has 0 aliphatic rings. The standard InChI is InChI=1S/C11H18FNOSi/c1-15(2,3)8-7-14-9-10-5-4-6-13-11(10)12/h4-6H,7-9H2,1-3H3. The highest BCUT2D eigenvalue weighted by atomic mass is 28.3. The smallest absolute Gasteiger partial charge is 0.218 e. The van der Waals surface area contributed by atoms with Gasteiger partial charge >= 0.3 is 0 Å². The molecule has 1 heterocycles. The molecule has 0 spiro atoms. The number of pyridine rings is 1. The third-order valence-corrected chi connectivity index (χ3v) is 3.79. The van der Waals surface area contributed by atoms with Gasteiger partial charge in [-0.1, -0.05) is 25.7 Å². The van der Waals surface area contributed by atoms with Crippen molar-refractivity contribution in [1.29, 1.82) is 0 Å². The van der Waals surface area contributed by atoms with E-state index < -0.39 is 14.0 Å². The van der Waals surface area contributed by atoms with Crippen LogP contribution in [-0.2, 0) is 11.3 Å². The van der Waals surface area contributed by atoms with Gasteiger partial charge in [-0.15, -0.1) is 0 Å². The van der Waals surface area contributed by atoms with Crippen LogP contribution in [0.3, 0.4) is 0 Å². The summed E-state index contributed by atoms with van der Waals surface area (Å²) in [6.07, 6.45) is 1.45. The molecule has 84 valence electrons. The summed E-state index contributed by atoms with van der Waals surface area (Å²) in [6, 6.07) is 4.53. The van der Waals surface area contributed by atoms with E-state index in [1.165, 1.54) is 6.20 Å². The number of halogens is 1. The Hall–Kier alpha value is -0.743. The van der Waals surface area contributed by atoms with Gasteiger partial charge in [0.15, 0.2) is 0 Å². The number of nitrogens with zero attached hydrogens (tertiary/aromatic N) is 1. The van der Waals surface area contributed by atoms with Crippen LogP contribution in [0.5, 0.6) is 0 Å². The lowest BCUT2D eigenvalue weighted by molar-refractivity contribution is 0.130. The fraction of sp³-hybridized carbons (Fsp3) is 0.545. The van der Waals surface area contributed by atoms with Gasteiger partial charge in [0.25, 0.3) is 0 Å². The van der Waals surface area contributed by atoms with E-state index in [0.717, 1.165) is 6.04 Å². The number of hydrogen-bond donors (Lipinski definition) is 0. The Kier molecular flexibility index (Phi) is 4.41. The SMILES string of the molecule is C[Si](C)(C)CCOCc1cccnc1F. The van der Waals surface area contributed by atoms with Gasteiger partial charge in [-0.05, 0) is 12.1 Å². The van der Waals surface area contributed by atoms with Crippen molar-refractivity contribution in [3.05, 3.63) is 29.8 Å². The highest BCUT2D eigenvalue weighted by Gasteiger charge is 2.12. The molecule has 0 N–H and O–H groups in total. The van der Waals surface area contributed by atoms with Crippen molar-refractivity contribution in [3.8, 4) is 0 Å². The van der Waals surface area contributed by atoms with Gasteiger partial charge in [0.05, 0.1) is 6.61 Å². The highest BCUT2D eigenvalue weighted by molar-refractivity contribution is 6.76. The van der Waals surface area contributed by atoms with Crippen LogP contribution in [0.2, 0.25) is 25.7 Å². The second-order valence-corrected chi connectivity index (χ2v) is 10.4. The summed E-state index contributed by atoms with van der Waals surface area (Å²) in [7, 11) is -1.04. The average molecular weight is 227 g/mol. The molecule has 2 nitrogen and oxygen atoms in total. The molecule has 0 saturated heterocycles. The zero-order chi connectivity index (χ0) is 11.3. The van der Waals surface area contributed by atoms with Crippen molar-refractivity contribution in [2.24, 2.45) is 0 Å². The van der Waals surface area contributed by atoms with Crippen molar-refractivity contribution < 1.29 is 9.13 Å². The van der Waals surface area contributed by atoms with Crippen LogP contribution >= 0.6 is 0 Å². The van der Waals surface area contributed by atoms with Gasteiger partial charge in [-0.3, -0.25) is 0 Å². The van der Waals surface area contributed by atoms with Crippen LogP contribution in [-0.4, -0.2) is 19.7 Å². The summed E-state index contributed by atoms with van der Waals surface area (Å²) in [5.41, 5.74) is 0.535. The second kappa shape index (κ2) is 5.37. The van der Waals surface area contributed by atoms with Crippen LogP contribution in [0, 0.1) is 5.95 Å². The van der Waals surface area contributed by atoms with E-state index in [1.807, 2.05) is 0 Å². The maximum absolute atomic E-state index is 13.1. The number of ether oxygens (including phenoxy) is 1. The second-order valence-electron chi connectivity index (χ2n) is 4.82. The molecule has 0 aliphatic heterocycles. The van der Waals surface area contributed by atoms with Gasteiger partial charge in [0, 0.05) is 26.4 Å². The zero-order valence-corrected chi connectivity index (χ0v) is 10.6. The molecule has 0 atom stereocenters. The Morgan fingerprint density at radius 1 is 1.40 bits per heavy atom. The molecule has 0 fully saturated rings. The molecule has 1 aromatic rings. The lowest BCUT2D eigenvalue weighted by atomic mass is 10.3. The van der Waals surface area contributed by atoms with E-state index in [0.29, 0.717) is 18.8 Å². The van der Waals surface area contributed by atoms with Gasteiger partial charge in [-0.2, -0.15) is 4.39 Å². The molecule has 0 amide bonds. The Bertz CT molecular complexity index is 312. The van der Waals surface area contributed by atoms with E-state index in [-0.39, 0.29) is 0 Å². The van der Waals surface area contributed by atoms with Crippen LogP contribution in [0.25, 0.3) is 0 Å². The Labute approximate surface area is 91.5 Å². The minimum Gasteiger partial charge on any atom is -0.377 e. The summed E-state index contributed by atoms with van der Waals surface area (Å²) in [4.78, 5) is 3.57. The molecule has 1 aromatic heterocycles. The molecule has 0 saturated carbocycles. The maximum atomic E-state index is 13.1. The number of hydrogen-bond acceptors (Lipinski definition) is 2. The fourth-order valence-electron chi connectivity index (χ4n) is 1.09. The minimum absolute atomic E-state index is 0.324. The quantitative estimate of drug-likeness (QED) is 0.438. The van der Waals surface area contributed by atoms with Gasteiger partial charge < -0.3 is 4.74 Å². The van der Waals surface area contributed by atoms with Crippen molar-refractivity contribution in [3.63, 3.8) is 0 Å². The highest BCUT2D eigenvalue weighted by Crippen LogP contribution is 2.10. The first kappa shape index (κ1) is 12.3. The van der Waals surface area contributed by atoms with E-state index in [4.69, 9.17) is 4.74 Å². The van der Waals surface area contributed by atoms with Gasteiger partial charge in [0.2, 0.25) is 5.95 Å². The van der Waals surface area contributed by atoms with E-state index in [1.54, 1.807) is 12.1 Å². The predicted octanol–water partition coefficient (Wildman–Crippen LogP) is 3.08. The fourth-order valence-corrected chi connectivity index (χ4v) is 1.84. The first-order valence-electron chi connectivity index (χ1n) is 5.16. The van der Waals surface area contributed by atoms with E-state index in [9.17, 15) is 4.39 Å². The monoisotopic (exact) mass is 227 g/mol. The van der Waals surface area contributed by atoms with Crippen molar-refractivity contribution in [2.75, 3.05) is 6.61 Å². The van der Waals surface area contributed by atoms with Crippen LogP contribution in [0.4, 0.5) is 4.39 Å². The normalized spacial score (nSPS) is 11.7. The number of rotatable bonds is 5. The molecule has 0 radical (unpaired) electrons. The first-order chi connectivity index (χ1) is 6.99. The molecular weight excluding hydrogens is 209 g/mol. The molecule has 0 aromatic carbocycles. The molecule has 1 rings (SSSR count). The third kappa shape index (κ3) is 5.04. The third-order valence-electron chi connectivity index (χ3n) is 2.09. The Morgan fingerprint density at radius 3 is 2.73 bits per heavy atom. The van der Waals surface area contributed by atoms with Crippen LogP contribution < -0.4 is 0 Å². The Morgan fingerprint density at radius 2 is 2.13 bits per heavy atom. The summed E-state index contributed by atoms with van der Waals surface area (Å²) < 4.78 is 18.5. The summed E-state index contributed by atoms with van der Waals surface area (Å²) >= 11 is 0. The zero-order valence-electron chi connectivity index (χ0n) is 9.59. The topological polar surface area (TPSA) is 22.1 Å². The molecule has 0 aliphatic carbocycles. The van der Waals surface area contributed by atoms with Crippen LogP contribution in [0.15, 0.2) is 18.3 Å². The summed E-state index contributed by atoms with van der Waals surface area (Å²) in [5.74, 6) is -0.425. The summed E-state index contributed by atoms with van der Waals surface area (Å²) in [6.45, 7) is 7.91. The number of aromatic nitrogens is 1. The molecule has 0 bridgehead atoms. The Balaban J connectivity index is 2.30. The van der Waals surface area contributed by atoms with Gasteiger partial charge in [-0.25, -0.2) is 4.98 Å². The van der Waals surface area contributed by atoms with E-state index >= 15 is 0 Å². The largest absolute Gasteiger partial charge is 0.377 e. The lowest BCUT2D eigenvalue weighted by Gasteiger charge is -2.15. The first-order valence-corrected chi connectivity index (χ1v) is 8.87. The molecular formula is C11H18FNOSi. The average Bonchev–Trinajstić information content (AvgIpc) is 2.13. The van der Waals surface area contributed by atoms with Crippen molar-refractivity contribution >= 4 is 8.07 Å². The lowest BCUT2D eigenvalue weighted by Crippen LogP contribution is -2.21. The molecule has 0 unspecified atom stereocenters. The maximum Gasteiger partial charge on any atom is 0.218 e.